The second-order valence-electron chi connectivity index (χ2n) is 8.53. The van der Waals surface area contributed by atoms with E-state index in [0.29, 0.717) is 0 Å². The van der Waals surface area contributed by atoms with Crippen molar-refractivity contribution in [2.45, 2.75) is 135 Å². The molecular formula is C24H46O5. The molecule has 0 amide bonds. The van der Waals surface area contributed by atoms with Crippen molar-refractivity contribution >= 4 is 11.8 Å². The lowest BCUT2D eigenvalue weighted by Crippen LogP contribution is -2.50. The topological polar surface area (TPSA) is 83.8 Å². The van der Waals surface area contributed by atoms with Crippen LogP contribution in [0, 0.1) is 0 Å². The number of unbranched alkanes of at least 4 members (excludes halogenated alkanes) is 15. The molecule has 0 aliphatic heterocycles. The first-order valence-electron chi connectivity index (χ1n) is 12.0. The van der Waals surface area contributed by atoms with Crippen LogP contribution in [-0.2, 0) is 14.3 Å². The molecule has 2 unspecified atom stereocenters. The van der Waals surface area contributed by atoms with Crippen LogP contribution in [0.25, 0.3) is 0 Å². The van der Waals surface area contributed by atoms with Crippen molar-refractivity contribution in [1.29, 1.82) is 0 Å². The number of Topliss-reactive ketones (excluding diaryl/α,β-unsaturated/α-hetero) is 1. The Morgan fingerprint density at radius 3 is 1.41 bits per heavy atom. The fourth-order valence-corrected chi connectivity index (χ4v) is 3.56. The quantitative estimate of drug-likeness (QED) is 0.176. The fraction of sp³-hybridized carbons (Fsp3) is 0.917. The highest BCUT2D eigenvalue weighted by atomic mass is 16.5. The van der Waals surface area contributed by atoms with E-state index in [1.165, 1.54) is 97.3 Å². The van der Waals surface area contributed by atoms with Crippen molar-refractivity contribution in [3.63, 3.8) is 0 Å². The minimum Gasteiger partial charge on any atom is -0.479 e. The molecular weight excluding hydrogens is 368 g/mol. The van der Waals surface area contributed by atoms with Gasteiger partial charge in [0.1, 0.15) is 6.10 Å². The van der Waals surface area contributed by atoms with Crippen LogP contribution >= 0.6 is 0 Å². The number of ketones is 1. The molecule has 5 heteroatoms. The predicted molar refractivity (Wildman–Crippen MR) is 118 cm³/mol. The number of ether oxygens (including phenoxy) is 1. The van der Waals surface area contributed by atoms with Crippen molar-refractivity contribution < 1.29 is 24.5 Å². The zero-order valence-corrected chi connectivity index (χ0v) is 19.2. The summed E-state index contributed by atoms with van der Waals surface area (Å²) in [5, 5.41) is 18.6. The van der Waals surface area contributed by atoms with E-state index in [2.05, 4.69) is 6.92 Å². The van der Waals surface area contributed by atoms with E-state index >= 15 is 0 Å². The second-order valence-corrected chi connectivity index (χ2v) is 8.53. The number of rotatable bonds is 21. The Hall–Kier alpha value is -0.940. The Labute approximate surface area is 178 Å². The Kier molecular flexibility index (Phi) is 17.3. The summed E-state index contributed by atoms with van der Waals surface area (Å²) >= 11 is 0. The molecule has 0 saturated carbocycles. The molecule has 0 aromatic heterocycles. The van der Waals surface area contributed by atoms with E-state index < -0.39 is 23.5 Å². The molecule has 0 heterocycles. The molecule has 0 spiro atoms. The normalized spacial score (nSPS) is 14.5. The SMILES string of the molecule is CCCCCCCCCCCCCCCCCCOC(C)(C(=O)O)C(=O)C(C)O. The monoisotopic (exact) mass is 414 g/mol. The van der Waals surface area contributed by atoms with E-state index in [9.17, 15) is 19.8 Å². The number of aliphatic hydroxyl groups excluding tert-OH is 1. The summed E-state index contributed by atoms with van der Waals surface area (Å²) in [5.41, 5.74) is -1.95. The molecule has 172 valence electrons. The van der Waals surface area contributed by atoms with Crippen molar-refractivity contribution in [2.75, 3.05) is 6.61 Å². The second kappa shape index (κ2) is 17.9. The first-order valence-corrected chi connectivity index (χ1v) is 12.0. The smallest absolute Gasteiger partial charge is 0.343 e. The summed E-state index contributed by atoms with van der Waals surface area (Å²) in [5.74, 6) is -2.15. The molecule has 0 aliphatic carbocycles. The lowest BCUT2D eigenvalue weighted by Gasteiger charge is -2.25. The first-order chi connectivity index (χ1) is 13.9. The van der Waals surface area contributed by atoms with Crippen LogP contribution in [-0.4, -0.2) is 40.3 Å². The standard InChI is InChI=1S/C24H46O5/c1-4-5-6-7-8-9-10-11-12-13-14-15-16-17-18-19-20-29-24(3,23(27)28)22(26)21(2)25/h21,25H,4-20H2,1-3H3,(H,27,28). The molecule has 0 aromatic rings. The number of carbonyl (C=O) groups excluding carboxylic acids is 1. The molecule has 0 radical (unpaired) electrons. The van der Waals surface area contributed by atoms with Crippen molar-refractivity contribution in [3.05, 3.63) is 0 Å². The third-order valence-electron chi connectivity index (χ3n) is 5.65. The average molecular weight is 415 g/mol. The predicted octanol–water partition coefficient (Wildman–Crippen LogP) is 6.06. The van der Waals surface area contributed by atoms with E-state index in [1.54, 1.807) is 0 Å². The van der Waals surface area contributed by atoms with Crippen LogP contribution in [0.5, 0.6) is 0 Å². The highest BCUT2D eigenvalue weighted by molar-refractivity contribution is 6.07. The van der Waals surface area contributed by atoms with E-state index in [4.69, 9.17) is 4.74 Å². The van der Waals surface area contributed by atoms with Crippen LogP contribution < -0.4 is 0 Å². The maximum absolute atomic E-state index is 11.9. The third-order valence-corrected chi connectivity index (χ3v) is 5.65. The maximum Gasteiger partial charge on any atom is 0.343 e. The van der Waals surface area contributed by atoms with Crippen molar-refractivity contribution in [1.82, 2.24) is 0 Å². The molecule has 0 saturated heterocycles. The number of aliphatic carboxylic acids is 1. The number of carboxylic acid groups (broad SMARTS) is 1. The van der Waals surface area contributed by atoms with Gasteiger partial charge in [-0.2, -0.15) is 0 Å². The Balaban J connectivity index is 3.49. The molecule has 0 aromatic carbocycles. The third kappa shape index (κ3) is 13.8. The van der Waals surface area contributed by atoms with E-state index in [1.807, 2.05) is 0 Å². The van der Waals surface area contributed by atoms with Gasteiger partial charge in [0.05, 0.1) is 0 Å². The van der Waals surface area contributed by atoms with Gasteiger partial charge in [0.25, 0.3) is 0 Å². The van der Waals surface area contributed by atoms with Crippen molar-refractivity contribution in [2.24, 2.45) is 0 Å². The molecule has 2 N–H and O–H groups in total. The maximum atomic E-state index is 11.9. The van der Waals surface area contributed by atoms with Crippen LogP contribution in [0.3, 0.4) is 0 Å². The van der Waals surface area contributed by atoms with Crippen molar-refractivity contribution in [3.8, 4) is 0 Å². The van der Waals surface area contributed by atoms with E-state index in [-0.39, 0.29) is 6.61 Å². The van der Waals surface area contributed by atoms with Gasteiger partial charge in [0.15, 0.2) is 0 Å². The molecule has 0 rings (SSSR count). The molecule has 2 atom stereocenters. The van der Waals surface area contributed by atoms with Gasteiger partial charge in [-0.3, -0.25) is 4.79 Å². The van der Waals surface area contributed by atoms with Gasteiger partial charge in [-0.1, -0.05) is 103 Å². The minimum absolute atomic E-state index is 0.222. The van der Waals surface area contributed by atoms with Gasteiger partial charge < -0.3 is 14.9 Å². The first kappa shape index (κ1) is 28.1. The summed E-state index contributed by atoms with van der Waals surface area (Å²) in [4.78, 5) is 23.2. The molecule has 0 bridgehead atoms. The summed E-state index contributed by atoms with van der Waals surface area (Å²) in [6.07, 6.45) is 19.0. The average Bonchev–Trinajstić information content (AvgIpc) is 2.69. The molecule has 0 fully saturated rings. The largest absolute Gasteiger partial charge is 0.479 e. The summed E-state index contributed by atoms with van der Waals surface area (Å²) in [6.45, 7) is 4.97. The number of carboxylic acids is 1. The minimum atomic E-state index is -1.95. The van der Waals surface area contributed by atoms with Crippen LogP contribution in [0.15, 0.2) is 0 Å². The Morgan fingerprint density at radius 1 is 0.759 bits per heavy atom. The zero-order valence-electron chi connectivity index (χ0n) is 19.2. The van der Waals surface area contributed by atoms with Gasteiger partial charge in [-0.25, -0.2) is 4.79 Å². The van der Waals surface area contributed by atoms with Crippen LogP contribution in [0.1, 0.15) is 124 Å². The number of hydrogen-bond donors (Lipinski definition) is 2. The molecule has 29 heavy (non-hydrogen) atoms. The Morgan fingerprint density at radius 2 is 1.10 bits per heavy atom. The number of aliphatic hydroxyl groups is 1. The number of hydrogen-bond acceptors (Lipinski definition) is 4. The van der Waals surface area contributed by atoms with Gasteiger partial charge in [0, 0.05) is 6.61 Å². The van der Waals surface area contributed by atoms with E-state index in [0.717, 1.165) is 19.3 Å². The van der Waals surface area contributed by atoms with Gasteiger partial charge in [0.2, 0.25) is 11.4 Å². The highest BCUT2D eigenvalue weighted by Gasteiger charge is 2.44. The van der Waals surface area contributed by atoms with Crippen LogP contribution in [0.2, 0.25) is 0 Å². The van der Waals surface area contributed by atoms with Gasteiger partial charge in [-0.05, 0) is 20.3 Å². The lowest BCUT2D eigenvalue weighted by atomic mass is 9.97. The van der Waals surface area contributed by atoms with Gasteiger partial charge in [-0.15, -0.1) is 0 Å². The number of carbonyl (C=O) groups is 2. The zero-order chi connectivity index (χ0) is 22.0. The molecule has 5 nitrogen and oxygen atoms in total. The highest BCUT2D eigenvalue weighted by Crippen LogP contribution is 2.17. The Bertz CT molecular complexity index is 421. The lowest BCUT2D eigenvalue weighted by molar-refractivity contribution is -0.174. The summed E-state index contributed by atoms with van der Waals surface area (Å²) < 4.78 is 5.32. The summed E-state index contributed by atoms with van der Waals surface area (Å²) in [6, 6.07) is 0. The molecule has 0 aliphatic rings. The summed E-state index contributed by atoms with van der Waals surface area (Å²) in [7, 11) is 0. The van der Waals surface area contributed by atoms with Gasteiger partial charge >= 0.3 is 5.97 Å². The van der Waals surface area contributed by atoms with Crippen LogP contribution in [0.4, 0.5) is 0 Å². The fourth-order valence-electron chi connectivity index (χ4n) is 3.56.